The largest absolute Gasteiger partial charge is 0.497 e. The zero-order valence-electron chi connectivity index (χ0n) is 15.3. The number of aromatic nitrogens is 2. The highest BCUT2D eigenvalue weighted by atomic mass is 32.1. The molecule has 2 aromatic carbocycles. The lowest BCUT2D eigenvalue weighted by Crippen LogP contribution is -2.22. The van der Waals surface area contributed by atoms with Crippen molar-refractivity contribution in [3.8, 4) is 11.5 Å². The number of nitrogens with zero attached hydrogens (tertiary/aromatic N) is 3. The molecule has 0 radical (unpaired) electrons. The van der Waals surface area contributed by atoms with Gasteiger partial charge in [0.05, 0.1) is 14.2 Å². The molecule has 3 rings (SSSR count). The summed E-state index contributed by atoms with van der Waals surface area (Å²) in [5, 5.41) is 10.6. The normalized spacial score (nSPS) is 10.6. The highest BCUT2D eigenvalue weighted by Gasteiger charge is 2.14. The molecule has 136 valence electrons. The van der Waals surface area contributed by atoms with Gasteiger partial charge in [-0.3, -0.25) is 0 Å². The zero-order chi connectivity index (χ0) is 18.4. The Kier molecular flexibility index (Phi) is 6.07. The van der Waals surface area contributed by atoms with Crippen LogP contribution in [-0.4, -0.2) is 24.4 Å². The van der Waals surface area contributed by atoms with Crippen LogP contribution in [0.25, 0.3) is 0 Å². The Morgan fingerprint density at radius 3 is 1.92 bits per heavy atom. The molecule has 1 aromatic heterocycles. The van der Waals surface area contributed by atoms with Crippen LogP contribution in [0.2, 0.25) is 0 Å². The van der Waals surface area contributed by atoms with Crippen molar-refractivity contribution in [3.63, 3.8) is 0 Å². The van der Waals surface area contributed by atoms with E-state index in [9.17, 15) is 0 Å². The maximum absolute atomic E-state index is 5.35. The molecular formula is C20H23N3O2S. The number of hydrogen-bond acceptors (Lipinski definition) is 6. The van der Waals surface area contributed by atoms with Gasteiger partial charge in [-0.1, -0.05) is 42.5 Å². The number of methoxy groups -OCH3 is 2. The van der Waals surface area contributed by atoms with E-state index in [1.165, 1.54) is 11.1 Å². The van der Waals surface area contributed by atoms with Gasteiger partial charge in [0.25, 0.3) is 0 Å². The summed E-state index contributed by atoms with van der Waals surface area (Å²) in [6, 6.07) is 16.2. The first-order chi connectivity index (χ1) is 12.7. The molecule has 0 N–H and O–H groups in total. The van der Waals surface area contributed by atoms with E-state index in [4.69, 9.17) is 9.47 Å². The Balaban J connectivity index is 1.87. The average Bonchev–Trinajstić information content (AvgIpc) is 3.17. The third kappa shape index (κ3) is 4.52. The third-order valence-electron chi connectivity index (χ3n) is 4.04. The first-order valence-electron chi connectivity index (χ1n) is 8.55. The molecular weight excluding hydrogens is 346 g/mol. The number of aryl methyl sites for hydroxylation is 1. The first kappa shape index (κ1) is 18.2. The monoisotopic (exact) mass is 369 g/mol. The van der Waals surface area contributed by atoms with E-state index in [2.05, 4.69) is 46.3 Å². The summed E-state index contributed by atoms with van der Waals surface area (Å²) >= 11 is 1.64. The van der Waals surface area contributed by atoms with E-state index < -0.39 is 0 Å². The molecule has 1 heterocycles. The van der Waals surface area contributed by atoms with Gasteiger partial charge in [0.1, 0.15) is 16.5 Å². The maximum Gasteiger partial charge on any atom is 0.208 e. The number of ether oxygens (including phenoxy) is 2. The van der Waals surface area contributed by atoms with Gasteiger partial charge in [0.15, 0.2) is 0 Å². The minimum absolute atomic E-state index is 0.729. The molecule has 0 aliphatic rings. The van der Waals surface area contributed by atoms with Gasteiger partial charge in [-0.05, 0) is 41.8 Å². The van der Waals surface area contributed by atoms with Crippen LogP contribution in [0.4, 0.5) is 5.13 Å². The molecule has 5 nitrogen and oxygen atoms in total. The Labute approximate surface area is 158 Å². The summed E-state index contributed by atoms with van der Waals surface area (Å²) in [5.74, 6) is 1.71. The summed E-state index contributed by atoms with van der Waals surface area (Å²) < 4.78 is 10.7. The number of hydrogen-bond donors (Lipinski definition) is 0. The van der Waals surface area contributed by atoms with Crippen LogP contribution in [0.1, 0.15) is 23.1 Å². The predicted molar refractivity (Wildman–Crippen MR) is 105 cm³/mol. The average molecular weight is 369 g/mol. The van der Waals surface area contributed by atoms with Crippen LogP contribution >= 0.6 is 11.3 Å². The fourth-order valence-electron chi connectivity index (χ4n) is 2.69. The van der Waals surface area contributed by atoms with Gasteiger partial charge < -0.3 is 14.4 Å². The summed E-state index contributed by atoms with van der Waals surface area (Å²) in [4.78, 5) is 2.24. The Bertz CT molecular complexity index is 801. The molecule has 0 saturated carbocycles. The second-order valence-electron chi connectivity index (χ2n) is 5.89. The molecule has 3 aromatic rings. The van der Waals surface area contributed by atoms with Crippen LogP contribution in [0.15, 0.2) is 48.5 Å². The maximum atomic E-state index is 5.35. The van der Waals surface area contributed by atoms with Gasteiger partial charge >= 0.3 is 0 Å². The van der Waals surface area contributed by atoms with Crippen LogP contribution in [0.3, 0.4) is 0 Å². The van der Waals surface area contributed by atoms with Gasteiger partial charge in [-0.25, -0.2) is 0 Å². The van der Waals surface area contributed by atoms with Gasteiger partial charge in [-0.15, -0.1) is 10.2 Å². The lowest BCUT2D eigenvalue weighted by atomic mass is 10.1. The van der Waals surface area contributed by atoms with E-state index in [-0.39, 0.29) is 0 Å². The summed E-state index contributed by atoms with van der Waals surface area (Å²) in [7, 11) is 3.37. The van der Waals surface area contributed by atoms with Crippen LogP contribution in [0.5, 0.6) is 11.5 Å². The van der Waals surface area contributed by atoms with E-state index >= 15 is 0 Å². The molecule has 0 aliphatic heterocycles. The molecule has 0 bridgehead atoms. The summed E-state index contributed by atoms with van der Waals surface area (Å²) in [6.45, 7) is 3.55. The fourth-order valence-corrected chi connectivity index (χ4v) is 3.47. The number of rotatable bonds is 8. The van der Waals surface area contributed by atoms with E-state index in [0.717, 1.165) is 41.1 Å². The standard InChI is InChI=1S/C20H23N3O2S/c1-4-19-21-22-20(26-19)23(13-15-7-5-9-17(11-15)24-2)14-16-8-6-10-18(12-16)25-3/h5-12H,4,13-14H2,1-3H3. The fraction of sp³-hybridized carbons (Fsp3) is 0.300. The molecule has 0 fully saturated rings. The highest BCUT2D eigenvalue weighted by Crippen LogP contribution is 2.26. The number of benzene rings is 2. The van der Waals surface area contributed by atoms with Crippen LogP contribution in [0, 0.1) is 0 Å². The number of anilines is 1. The van der Waals surface area contributed by atoms with Crippen molar-refractivity contribution in [1.29, 1.82) is 0 Å². The molecule has 0 saturated heterocycles. The molecule has 6 heteroatoms. The second-order valence-corrected chi connectivity index (χ2v) is 6.93. The van der Waals surface area contributed by atoms with Gasteiger partial charge in [0.2, 0.25) is 5.13 Å². The van der Waals surface area contributed by atoms with Crippen molar-refractivity contribution in [2.24, 2.45) is 0 Å². The van der Waals surface area contributed by atoms with Crippen LogP contribution in [-0.2, 0) is 19.5 Å². The van der Waals surface area contributed by atoms with Crippen molar-refractivity contribution in [2.75, 3.05) is 19.1 Å². The zero-order valence-corrected chi connectivity index (χ0v) is 16.1. The minimum atomic E-state index is 0.729. The first-order valence-corrected chi connectivity index (χ1v) is 9.36. The van der Waals surface area contributed by atoms with Crippen molar-refractivity contribution in [2.45, 2.75) is 26.4 Å². The third-order valence-corrected chi connectivity index (χ3v) is 5.17. The van der Waals surface area contributed by atoms with E-state index in [1.807, 2.05) is 24.3 Å². The van der Waals surface area contributed by atoms with Crippen molar-refractivity contribution in [3.05, 3.63) is 64.7 Å². The minimum Gasteiger partial charge on any atom is -0.497 e. The van der Waals surface area contributed by atoms with Gasteiger partial charge in [-0.2, -0.15) is 0 Å². The van der Waals surface area contributed by atoms with Crippen LogP contribution < -0.4 is 14.4 Å². The summed E-state index contributed by atoms with van der Waals surface area (Å²) in [6.07, 6.45) is 0.893. The Morgan fingerprint density at radius 1 is 0.885 bits per heavy atom. The molecule has 0 atom stereocenters. The molecule has 0 spiro atoms. The topological polar surface area (TPSA) is 47.5 Å². The van der Waals surface area contributed by atoms with Crippen molar-refractivity contribution < 1.29 is 9.47 Å². The molecule has 0 unspecified atom stereocenters. The molecule has 26 heavy (non-hydrogen) atoms. The molecule has 0 amide bonds. The quantitative estimate of drug-likeness (QED) is 0.592. The predicted octanol–water partition coefficient (Wildman–Crippen LogP) is 4.32. The Morgan fingerprint density at radius 2 is 1.46 bits per heavy atom. The molecule has 0 aliphatic carbocycles. The van der Waals surface area contributed by atoms with Crippen molar-refractivity contribution in [1.82, 2.24) is 10.2 Å². The van der Waals surface area contributed by atoms with Gasteiger partial charge in [0, 0.05) is 13.1 Å². The highest BCUT2D eigenvalue weighted by molar-refractivity contribution is 7.15. The smallest absolute Gasteiger partial charge is 0.208 e. The lowest BCUT2D eigenvalue weighted by molar-refractivity contribution is 0.414. The second kappa shape index (κ2) is 8.67. The summed E-state index contributed by atoms with van der Waals surface area (Å²) in [5.41, 5.74) is 2.33. The SMILES string of the molecule is CCc1nnc(N(Cc2cccc(OC)c2)Cc2cccc(OC)c2)s1. The Hall–Kier alpha value is -2.60. The van der Waals surface area contributed by atoms with Crippen molar-refractivity contribution >= 4 is 16.5 Å². The van der Waals surface area contributed by atoms with E-state index in [0.29, 0.717) is 0 Å². The lowest BCUT2D eigenvalue weighted by Gasteiger charge is -2.22. The van der Waals surface area contributed by atoms with E-state index in [1.54, 1.807) is 25.6 Å².